The molecule has 1 heterocycles. The average Bonchev–Trinajstić information content (AvgIpc) is 2.51. The molecule has 0 spiro atoms. The number of rotatable bonds is 5. The SMILES string of the molecule is COCCN(C(=O)c1ccc(C)c(Cl)c1)c1ccncc1. The Labute approximate surface area is 129 Å². The van der Waals surface area contributed by atoms with Crippen LogP contribution >= 0.6 is 11.6 Å². The number of aryl methyl sites for hydroxylation is 1. The van der Waals surface area contributed by atoms with E-state index in [9.17, 15) is 4.79 Å². The lowest BCUT2D eigenvalue weighted by molar-refractivity contribution is 0.0976. The van der Waals surface area contributed by atoms with Crippen LogP contribution in [0.2, 0.25) is 5.02 Å². The molecule has 1 aromatic carbocycles. The average molecular weight is 305 g/mol. The Morgan fingerprint density at radius 2 is 2.00 bits per heavy atom. The van der Waals surface area contributed by atoms with E-state index in [4.69, 9.17) is 16.3 Å². The van der Waals surface area contributed by atoms with E-state index in [1.54, 1.807) is 48.7 Å². The lowest BCUT2D eigenvalue weighted by Gasteiger charge is -2.22. The third-order valence-corrected chi connectivity index (χ3v) is 3.56. The minimum absolute atomic E-state index is 0.111. The van der Waals surface area contributed by atoms with Gasteiger partial charge in [0.1, 0.15) is 0 Å². The van der Waals surface area contributed by atoms with Crippen LogP contribution in [0.15, 0.2) is 42.7 Å². The summed E-state index contributed by atoms with van der Waals surface area (Å²) in [6, 6.07) is 8.91. The molecule has 2 aromatic rings. The van der Waals surface area contributed by atoms with Gasteiger partial charge in [-0.05, 0) is 36.8 Å². The monoisotopic (exact) mass is 304 g/mol. The number of pyridine rings is 1. The summed E-state index contributed by atoms with van der Waals surface area (Å²) in [5.74, 6) is -0.111. The molecule has 0 atom stereocenters. The van der Waals surface area contributed by atoms with Crippen molar-refractivity contribution >= 4 is 23.2 Å². The minimum atomic E-state index is -0.111. The molecule has 0 saturated carbocycles. The Bertz CT molecular complexity index is 617. The highest BCUT2D eigenvalue weighted by atomic mass is 35.5. The van der Waals surface area contributed by atoms with E-state index in [1.807, 2.05) is 13.0 Å². The maximum absolute atomic E-state index is 12.7. The molecular weight excluding hydrogens is 288 g/mol. The first-order chi connectivity index (χ1) is 10.1. The molecule has 4 nitrogen and oxygen atoms in total. The summed E-state index contributed by atoms with van der Waals surface area (Å²) in [4.78, 5) is 18.3. The normalized spacial score (nSPS) is 10.4. The summed E-state index contributed by atoms with van der Waals surface area (Å²) >= 11 is 6.11. The zero-order valence-corrected chi connectivity index (χ0v) is 12.8. The molecule has 0 aliphatic heterocycles. The van der Waals surface area contributed by atoms with Crippen LogP contribution in [0, 0.1) is 6.92 Å². The van der Waals surface area contributed by atoms with Crippen molar-refractivity contribution < 1.29 is 9.53 Å². The summed E-state index contributed by atoms with van der Waals surface area (Å²) in [6.45, 7) is 2.82. The van der Waals surface area contributed by atoms with E-state index in [0.29, 0.717) is 23.7 Å². The van der Waals surface area contributed by atoms with Gasteiger partial charge in [0.15, 0.2) is 0 Å². The van der Waals surface area contributed by atoms with Gasteiger partial charge < -0.3 is 9.64 Å². The first kappa shape index (κ1) is 15.5. The molecule has 0 unspecified atom stereocenters. The molecule has 1 aromatic heterocycles. The zero-order valence-electron chi connectivity index (χ0n) is 12.0. The zero-order chi connectivity index (χ0) is 15.2. The summed E-state index contributed by atoms with van der Waals surface area (Å²) in [5.41, 5.74) is 2.28. The largest absolute Gasteiger partial charge is 0.383 e. The van der Waals surface area contributed by atoms with Gasteiger partial charge in [-0.1, -0.05) is 17.7 Å². The quantitative estimate of drug-likeness (QED) is 0.851. The van der Waals surface area contributed by atoms with Gasteiger partial charge in [-0.25, -0.2) is 0 Å². The van der Waals surface area contributed by atoms with Gasteiger partial charge in [0, 0.05) is 42.3 Å². The number of hydrogen-bond donors (Lipinski definition) is 0. The van der Waals surface area contributed by atoms with E-state index in [2.05, 4.69) is 4.98 Å². The van der Waals surface area contributed by atoms with Crippen molar-refractivity contribution in [3.63, 3.8) is 0 Å². The molecule has 21 heavy (non-hydrogen) atoms. The Morgan fingerprint density at radius 3 is 2.62 bits per heavy atom. The van der Waals surface area contributed by atoms with Gasteiger partial charge in [0.25, 0.3) is 5.91 Å². The number of aromatic nitrogens is 1. The van der Waals surface area contributed by atoms with Crippen LogP contribution < -0.4 is 4.90 Å². The van der Waals surface area contributed by atoms with Crippen LogP contribution in [0.25, 0.3) is 0 Å². The van der Waals surface area contributed by atoms with Gasteiger partial charge in [-0.15, -0.1) is 0 Å². The number of benzene rings is 1. The van der Waals surface area contributed by atoms with Crippen LogP contribution in [0.5, 0.6) is 0 Å². The fourth-order valence-electron chi connectivity index (χ4n) is 1.94. The number of methoxy groups -OCH3 is 1. The predicted molar refractivity (Wildman–Crippen MR) is 84.0 cm³/mol. The summed E-state index contributed by atoms with van der Waals surface area (Å²) < 4.78 is 5.09. The fraction of sp³-hybridized carbons (Fsp3) is 0.250. The molecule has 2 rings (SSSR count). The first-order valence-corrected chi connectivity index (χ1v) is 6.98. The number of amides is 1. The maximum atomic E-state index is 12.7. The Morgan fingerprint density at radius 1 is 1.29 bits per heavy atom. The third-order valence-electron chi connectivity index (χ3n) is 3.16. The minimum Gasteiger partial charge on any atom is -0.383 e. The van der Waals surface area contributed by atoms with Crippen molar-refractivity contribution in [2.45, 2.75) is 6.92 Å². The lowest BCUT2D eigenvalue weighted by atomic mass is 10.1. The van der Waals surface area contributed by atoms with E-state index in [-0.39, 0.29) is 5.91 Å². The molecule has 5 heteroatoms. The summed E-state index contributed by atoms with van der Waals surface area (Å²) in [6.07, 6.45) is 3.31. The van der Waals surface area contributed by atoms with Gasteiger partial charge >= 0.3 is 0 Å². The third kappa shape index (κ3) is 3.80. The second-order valence-electron chi connectivity index (χ2n) is 4.62. The summed E-state index contributed by atoms with van der Waals surface area (Å²) in [5, 5.41) is 0.585. The first-order valence-electron chi connectivity index (χ1n) is 6.60. The van der Waals surface area contributed by atoms with Gasteiger partial charge in [0.2, 0.25) is 0 Å². The number of halogens is 1. The molecular formula is C16H17ClN2O2. The van der Waals surface area contributed by atoms with Gasteiger partial charge in [-0.3, -0.25) is 9.78 Å². The van der Waals surface area contributed by atoms with E-state index >= 15 is 0 Å². The molecule has 0 aliphatic rings. The number of ether oxygens (including phenoxy) is 1. The van der Waals surface area contributed by atoms with E-state index < -0.39 is 0 Å². The molecule has 0 saturated heterocycles. The number of anilines is 1. The Balaban J connectivity index is 2.31. The number of hydrogen-bond acceptors (Lipinski definition) is 3. The molecule has 0 aliphatic carbocycles. The molecule has 0 bridgehead atoms. The van der Waals surface area contributed by atoms with Crippen LogP contribution in [-0.4, -0.2) is 31.2 Å². The smallest absolute Gasteiger partial charge is 0.258 e. The second kappa shape index (κ2) is 7.20. The van der Waals surface area contributed by atoms with Crippen molar-refractivity contribution in [1.29, 1.82) is 0 Å². The van der Waals surface area contributed by atoms with Crippen LogP contribution in [0.3, 0.4) is 0 Å². The van der Waals surface area contributed by atoms with Crippen LogP contribution in [0.4, 0.5) is 5.69 Å². The number of carbonyl (C=O) groups is 1. The van der Waals surface area contributed by atoms with Crippen molar-refractivity contribution in [2.75, 3.05) is 25.2 Å². The predicted octanol–water partition coefficient (Wildman–Crippen LogP) is 3.34. The molecule has 1 amide bonds. The standard InChI is InChI=1S/C16H17ClN2O2/c1-12-3-4-13(11-15(12)17)16(20)19(9-10-21-2)14-5-7-18-8-6-14/h3-8,11H,9-10H2,1-2H3. The molecule has 0 fully saturated rings. The van der Waals surface area contributed by atoms with Crippen LogP contribution in [0.1, 0.15) is 15.9 Å². The second-order valence-corrected chi connectivity index (χ2v) is 5.03. The molecule has 110 valence electrons. The molecule has 0 radical (unpaired) electrons. The van der Waals surface area contributed by atoms with Gasteiger partial charge in [-0.2, -0.15) is 0 Å². The topological polar surface area (TPSA) is 42.4 Å². The fourth-order valence-corrected chi connectivity index (χ4v) is 2.12. The molecule has 0 N–H and O–H groups in total. The van der Waals surface area contributed by atoms with Crippen molar-refractivity contribution in [1.82, 2.24) is 4.98 Å². The highest BCUT2D eigenvalue weighted by Crippen LogP contribution is 2.20. The van der Waals surface area contributed by atoms with Crippen molar-refractivity contribution in [2.24, 2.45) is 0 Å². The van der Waals surface area contributed by atoms with Gasteiger partial charge in [0.05, 0.1) is 6.61 Å². The highest BCUT2D eigenvalue weighted by molar-refractivity contribution is 6.31. The Hall–Kier alpha value is -1.91. The van der Waals surface area contributed by atoms with Crippen molar-refractivity contribution in [3.05, 3.63) is 58.9 Å². The number of carbonyl (C=O) groups excluding carboxylic acids is 1. The number of nitrogens with zero attached hydrogens (tertiary/aromatic N) is 2. The maximum Gasteiger partial charge on any atom is 0.258 e. The van der Waals surface area contributed by atoms with Crippen LogP contribution in [-0.2, 0) is 4.74 Å². The van der Waals surface area contributed by atoms with E-state index in [1.165, 1.54) is 0 Å². The summed E-state index contributed by atoms with van der Waals surface area (Å²) in [7, 11) is 1.61. The van der Waals surface area contributed by atoms with E-state index in [0.717, 1.165) is 11.3 Å². The highest BCUT2D eigenvalue weighted by Gasteiger charge is 2.18. The Kier molecular flexibility index (Phi) is 5.31. The lowest BCUT2D eigenvalue weighted by Crippen LogP contribution is -2.34. The van der Waals surface area contributed by atoms with Crippen molar-refractivity contribution in [3.8, 4) is 0 Å².